The van der Waals surface area contributed by atoms with Crippen LogP contribution in [0.4, 0.5) is 0 Å². The van der Waals surface area contributed by atoms with Crippen molar-refractivity contribution in [3.8, 4) is 0 Å². The van der Waals surface area contributed by atoms with Crippen LogP contribution in [-0.4, -0.2) is 28.6 Å². The minimum Gasteiger partial charge on any atom is -0.380 e. The highest BCUT2D eigenvalue weighted by molar-refractivity contribution is 6.30. The van der Waals surface area contributed by atoms with Crippen LogP contribution in [0.25, 0.3) is 0 Å². The molecule has 2 aliphatic rings. The molecule has 1 amide bonds. The lowest BCUT2D eigenvalue weighted by molar-refractivity contribution is -0.180. The quantitative estimate of drug-likeness (QED) is 0.822. The minimum atomic E-state index is -1.05. The third-order valence-corrected chi connectivity index (χ3v) is 5.08. The number of hydrogen-bond acceptors (Lipinski definition) is 2. The molecule has 4 heteroatoms. The van der Waals surface area contributed by atoms with E-state index in [4.69, 9.17) is 11.6 Å². The molecule has 0 unspecified atom stereocenters. The molecule has 1 fully saturated rings. The van der Waals surface area contributed by atoms with Gasteiger partial charge in [-0.25, -0.2) is 0 Å². The van der Waals surface area contributed by atoms with Crippen LogP contribution < -0.4 is 0 Å². The fraction of sp³-hybridized carbons (Fsp3) is 0.278. The highest BCUT2D eigenvalue weighted by Gasteiger charge is 2.62. The van der Waals surface area contributed by atoms with E-state index in [1.54, 1.807) is 4.90 Å². The van der Waals surface area contributed by atoms with Crippen molar-refractivity contribution in [3.63, 3.8) is 0 Å². The summed E-state index contributed by atoms with van der Waals surface area (Å²) in [4.78, 5) is 14.1. The van der Waals surface area contributed by atoms with Gasteiger partial charge < -0.3 is 10.0 Å². The molecule has 0 spiro atoms. The SMILES string of the molecule is O=C1[C@@H](O)[C@]2(c3ccccc3)c3cc(Cl)ccc3CCCN12. The first kappa shape index (κ1) is 13.8. The van der Waals surface area contributed by atoms with Crippen LogP contribution in [0.5, 0.6) is 0 Å². The fourth-order valence-corrected chi connectivity index (χ4v) is 4.04. The maximum atomic E-state index is 12.3. The lowest BCUT2D eigenvalue weighted by Gasteiger charge is -2.55. The largest absolute Gasteiger partial charge is 0.380 e. The Balaban J connectivity index is 2.02. The van der Waals surface area contributed by atoms with Gasteiger partial charge >= 0.3 is 0 Å². The molecule has 0 bridgehead atoms. The zero-order valence-electron chi connectivity index (χ0n) is 12.0. The molecule has 2 aromatic carbocycles. The molecule has 0 aromatic heterocycles. The monoisotopic (exact) mass is 313 g/mol. The van der Waals surface area contributed by atoms with Crippen molar-refractivity contribution in [2.45, 2.75) is 24.5 Å². The molecule has 0 aliphatic carbocycles. The van der Waals surface area contributed by atoms with Gasteiger partial charge in [0.15, 0.2) is 6.10 Å². The summed E-state index contributed by atoms with van der Waals surface area (Å²) in [6.07, 6.45) is 0.726. The van der Waals surface area contributed by atoms with E-state index in [0.717, 1.165) is 29.5 Å². The predicted molar refractivity (Wildman–Crippen MR) is 84.7 cm³/mol. The lowest BCUT2D eigenvalue weighted by Crippen LogP contribution is -2.72. The average Bonchev–Trinajstić information content (AvgIpc) is 2.70. The molecule has 0 saturated carbocycles. The molecule has 1 N–H and O–H groups in total. The van der Waals surface area contributed by atoms with Crippen molar-refractivity contribution in [3.05, 3.63) is 70.2 Å². The van der Waals surface area contributed by atoms with Gasteiger partial charge in [0.25, 0.3) is 5.91 Å². The van der Waals surface area contributed by atoms with Crippen molar-refractivity contribution >= 4 is 17.5 Å². The molecule has 2 atom stereocenters. The second kappa shape index (κ2) is 4.83. The van der Waals surface area contributed by atoms with Crippen LogP contribution in [0.2, 0.25) is 5.02 Å². The van der Waals surface area contributed by atoms with E-state index in [-0.39, 0.29) is 5.91 Å². The fourth-order valence-electron chi connectivity index (χ4n) is 3.87. The number of aryl methyl sites for hydroxylation is 1. The zero-order chi connectivity index (χ0) is 15.3. The molecule has 3 nitrogen and oxygen atoms in total. The van der Waals surface area contributed by atoms with Gasteiger partial charge in [0.1, 0.15) is 5.54 Å². The van der Waals surface area contributed by atoms with Gasteiger partial charge in [0.2, 0.25) is 0 Å². The number of carbonyl (C=O) groups excluding carboxylic acids is 1. The van der Waals surface area contributed by atoms with E-state index in [9.17, 15) is 9.90 Å². The number of carbonyl (C=O) groups is 1. The third-order valence-electron chi connectivity index (χ3n) is 4.85. The zero-order valence-corrected chi connectivity index (χ0v) is 12.8. The summed E-state index contributed by atoms with van der Waals surface area (Å²) >= 11 is 6.22. The van der Waals surface area contributed by atoms with Crippen LogP contribution in [0.3, 0.4) is 0 Å². The Hall–Kier alpha value is -1.84. The van der Waals surface area contributed by atoms with Gasteiger partial charge in [0.05, 0.1) is 0 Å². The number of fused-ring (bicyclic) bond motifs is 3. The van der Waals surface area contributed by atoms with Crippen LogP contribution in [0, 0.1) is 0 Å². The summed E-state index contributed by atoms with van der Waals surface area (Å²) in [5.41, 5.74) is 2.25. The number of nitrogens with zero attached hydrogens (tertiary/aromatic N) is 1. The smallest absolute Gasteiger partial charge is 0.255 e. The number of amides is 1. The normalized spacial score (nSPS) is 26.7. The maximum absolute atomic E-state index is 12.3. The Bertz CT molecular complexity index is 746. The van der Waals surface area contributed by atoms with E-state index in [0.29, 0.717) is 11.6 Å². The second-order valence-electron chi connectivity index (χ2n) is 5.93. The first-order chi connectivity index (χ1) is 10.7. The Labute approximate surface area is 134 Å². The first-order valence-corrected chi connectivity index (χ1v) is 7.87. The molecular formula is C18H16ClNO2. The first-order valence-electron chi connectivity index (χ1n) is 7.49. The Morgan fingerprint density at radius 1 is 1.18 bits per heavy atom. The number of rotatable bonds is 1. The van der Waals surface area contributed by atoms with E-state index >= 15 is 0 Å². The predicted octanol–water partition coefficient (Wildman–Crippen LogP) is 2.73. The van der Waals surface area contributed by atoms with Gasteiger partial charge in [-0.1, -0.05) is 48.0 Å². The van der Waals surface area contributed by atoms with Crippen LogP contribution >= 0.6 is 11.6 Å². The van der Waals surface area contributed by atoms with E-state index in [1.165, 1.54) is 0 Å². The number of aliphatic hydroxyl groups excluding tert-OH is 1. The maximum Gasteiger partial charge on any atom is 0.255 e. The molecule has 0 radical (unpaired) electrons. The lowest BCUT2D eigenvalue weighted by atomic mass is 9.69. The molecule has 1 saturated heterocycles. The molecular weight excluding hydrogens is 298 g/mol. The molecule has 22 heavy (non-hydrogen) atoms. The highest BCUT2D eigenvalue weighted by atomic mass is 35.5. The van der Waals surface area contributed by atoms with E-state index in [2.05, 4.69) is 0 Å². The topological polar surface area (TPSA) is 40.5 Å². The van der Waals surface area contributed by atoms with Gasteiger partial charge in [0, 0.05) is 11.6 Å². The molecule has 112 valence electrons. The summed E-state index contributed by atoms with van der Waals surface area (Å²) in [5, 5.41) is 11.3. The van der Waals surface area contributed by atoms with Crippen molar-refractivity contribution in [2.24, 2.45) is 0 Å². The van der Waals surface area contributed by atoms with Crippen molar-refractivity contribution < 1.29 is 9.90 Å². The number of halogens is 1. The standard InChI is InChI=1S/C18H16ClNO2/c19-14-9-8-12-5-4-10-20-17(22)16(21)18(20,15(12)11-14)13-6-2-1-3-7-13/h1-3,6-9,11,16,21H,4-5,10H2/t16-,18+/m1/s1. The van der Waals surface area contributed by atoms with Gasteiger partial charge in [-0.3, -0.25) is 4.79 Å². The average molecular weight is 314 g/mol. The second-order valence-corrected chi connectivity index (χ2v) is 6.37. The Morgan fingerprint density at radius 3 is 2.73 bits per heavy atom. The summed E-state index contributed by atoms with van der Waals surface area (Å²) in [6.45, 7) is 0.650. The van der Waals surface area contributed by atoms with E-state index in [1.807, 2.05) is 48.5 Å². The number of hydrogen-bond donors (Lipinski definition) is 1. The van der Waals surface area contributed by atoms with Gasteiger partial charge in [-0.15, -0.1) is 0 Å². The van der Waals surface area contributed by atoms with Crippen molar-refractivity contribution in [1.82, 2.24) is 4.90 Å². The number of aliphatic hydroxyl groups is 1. The van der Waals surface area contributed by atoms with Crippen LogP contribution in [-0.2, 0) is 16.8 Å². The van der Waals surface area contributed by atoms with E-state index < -0.39 is 11.6 Å². The molecule has 2 aromatic rings. The molecule has 2 aliphatic heterocycles. The van der Waals surface area contributed by atoms with Crippen LogP contribution in [0.1, 0.15) is 23.1 Å². The Kier molecular flexibility index (Phi) is 3.03. The molecule has 4 rings (SSSR count). The minimum absolute atomic E-state index is 0.198. The Morgan fingerprint density at radius 2 is 1.95 bits per heavy atom. The summed E-state index contributed by atoms with van der Waals surface area (Å²) < 4.78 is 0. The van der Waals surface area contributed by atoms with Gasteiger partial charge in [-0.05, 0) is 41.7 Å². The number of β-lactam (4-membered cyclic amide) rings is 1. The highest BCUT2D eigenvalue weighted by Crippen LogP contribution is 2.50. The summed E-state index contributed by atoms with van der Waals surface area (Å²) in [7, 11) is 0. The van der Waals surface area contributed by atoms with Crippen LogP contribution in [0.15, 0.2) is 48.5 Å². The molecule has 2 heterocycles. The summed E-state index contributed by atoms with van der Waals surface area (Å²) in [6, 6.07) is 15.5. The van der Waals surface area contributed by atoms with Gasteiger partial charge in [-0.2, -0.15) is 0 Å². The summed E-state index contributed by atoms with van der Waals surface area (Å²) in [5.74, 6) is -0.198. The van der Waals surface area contributed by atoms with Crippen molar-refractivity contribution in [1.29, 1.82) is 0 Å². The number of benzene rings is 2. The third kappa shape index (κ3) is 1.64. The van der Waals surface area contributed by atoms with Crippen molar-refractivity contribution in [2.75, 3.05) is 6.54 Å².